The molecule has 0 radical (unpaired) electrons. The number of rotatable bonds is 8. The molecule has 2 aromatic carbocycles. The first-order valence-electron chi connectivity index (χ1n) is 12.2. The molecule has 10 nitrogen and oxygen atoms in total. The maximum atomic E-state index is 13.6. The van der Waals surface area contributed by atoms with Crippen LogP contribution in [0.4, 0.5) is 11.8 Å². The normalized spacial score (nSPS) is 14.3. The van der Waals surface area contributed by atoms with Crippen LogP contribution in [0.1, 0.15) is 44.3 Å². The van der Waals surface area contributed by atoms with Gasteiger partial charge < -0.3 is 20.9 Å². The third-order valence-electron chi connectivity index (χ3n) is 6.41. The van der Waals surface area contributed by atoms with Crippen LogP contribution in [-0.2, 0) is 6.42 Å². The summed E-state index contributed by atoms with van der Waals surface area (Å²) in [5.41, 5.74) is 16.1. The first-order valence-corrected chi connectivity index (χ1v) is 12.6. The first-order chi connectivity index (χ1) is 19.4. The van der Waals surface area contributed by atoms with Gasteiger partial charge in [-0.3, -0.25) is 14.8 Å². The van der Waals surface area contributed by atoms with Crippen molar-refractivity contribution in [2.45, 2.75) is 12.5 Å². The van der Waals surface area contributed by atoms with Gasteiger partial charge in [0.1, 0.15) is 11.9 Å². The number of ketones is 1. The van der Waals surface area contributed by atoms with Crippen LogP contribution in [0.2, 0.25) is 5.02 Å². The Morgan fingerprint density at radius 1 is 1.07 bits per heavy atom. The fraction of sp³-hybridized carbons (Fsp3) is 0.138. The highest BCUT2D eigenvalue weighted by molar-refractivity contribution is 6.30. The largest absolute Gasteiger partial charge is 0.493 e. The van der Waals surface area contributed by atoms with Gasteiger partial charge in [-0.2, -0.15) is 10.1 Å². The predicted octanol–water partition coefficient (Wildman–Crippen LogP) is 4.43. The van der Waals surface area contributed by atoms with Crippen LogP contribution >= 0.6 is 11.6 Å². The summed E-state index contributed by atoms with van der Waals surface area (Å²) >= 11 is 6.08. The van der Waals surface area contributed by atoms with E-state index < -0.39 is 0 Å². The van der Waals surface area contributed by atoms with E-state index in [0.717, 1.165) is 22.4 Å². The molecule has 4 N–H and O–H groups in total. The lowest BCUT2D eigenvalue weighted by Gasteiger charge is -2.30. The third kappa shape index (κ3) is 5.43. The number of hydrogen-bond donors (Lipinski definition) is 2. The number of nitrogen functional groups attached to an aromatic ring is 2. The maximum absolute atomic E-state index is 13.6. The Morgan fingerprint density at radius 3 is 2.62 bits per heavy atom. The summed E-state index contributed by atoms with van der Waals surface area (Å²) in [4.78, 5) is 26.1. The molecular formula is C29H26ClN7O3. The van der Waals surface area contributed by atoms with Crippen molar-refractivity contribution < 1.29 is 14.3 Å². The van der Waals surface area contributed by atoms with Crippen LogP contribution in [0.25, 0.3) is 0 Å². The lowest BCUT2D eigenvalue weighted by molar-refractivity contribution is 0.104. The average Bonchev–Trinajstić information content (AvgIpc) is 2.97. The number of hydrazone groups is 1. The molecule has 5 rings (SSSR count). The van der Waals surface area contributed by atoms with E-state index >= 15 is 0 Å². The van der Waals surface area contributed by atoms with Gasteiger partial charge in [-0.05, 0) is 35.4 Å². The highest BCUT2D eigenvalue weighted by Gasteiger charge is 2.27. The van der Waals surface area contributed by atoms with E-state index in [2.05, 4.69) is 20.1 Å². The topological polar surface area (TPSA) is 142 Å². The fourth-order valence-electron chi connectivity index (χ4n) is 4.51. The quantitative estimate of drug-likeness (QED) is 0.238. The second-order valence-electron chi connectivity index (χ2n) is 8.93. The van der Waals surface area contributed by atoms with Gasteiger partial charge in [-0.15, -0.1) is 0 Å². The monoisotopic (exact) mass is 555 g/mol. The smallest absolute Gasteiger partial charge is 0.221 e. The summed E-state index contributed by atoms with van der Waals surface area (Å²) in [6, 6.07) is 14.7. The SMILES string of the molecule is COc1cc(Cc2cnc(N)nc2N)cc(C(=O)/C=C/N2N=Cc3ccccc3C2c2ccc(Cl)cn2)c1OC. The van der Waals surface area contributed by atoms with Gasteiger partial charge in [0.25, 0.3) is 0 Å². The Hall–Kier alpha value is -4.96. The van der Waals surface area contributed by atoms with Gasteiger partial charge >= 0.3 is 0 Å². The number of nitrogens with zero attached hydrogens (tertiary/aromatic N) is 5. The molecule has 0 fully saturated rings. The van der Waals surface area contributed by atoms with E-state index in [-0.39, 0.29) is 23.6 Å². The molecule has 1 atom stereocenters. The first kappa shape index (κ1) is 26.6. The molecule has 0 aliphatic carbocycles. The van der Waals surface area contributed by atoms with Gasteiger partial charge in [0.05, 0.1) is 36.7 Å². The third-order valence-corrected chi connectivity index (χ3v) is 6.63. The number of allylic oxidation sites excluding steroid dienone is 1. The van der Waals surface area contributed by atoms with E-state index in [9.17, 15) is 4.79 Å². The van der Waals surface area contributed by atoms with Gasteiger partial charge in [-0.25, -0.2) is 4.98 Å². The van der Waals surface area contributed by atoms with Crippen molar-refractivity contribution in [2.24, 2.45) is 5.10 Å². The highest BCUT2D eigenvalue weighted by atomic mass is 35.5. The molecule has 1 unspecified atom stereocenters. The standard InChI is InChI=1S/C29H26ClN7O3/c1-39-25-13-17(11-19-14-34-29(32)36-28(19)31)12-22(27(25)40-2)24(38)9-10-37-26(23-8-7-20(30)16-33-23)21-6-4-3-5-18(21)15-35-37/h3-10,12-16,26H,11H2,1-2H3,(H4,31,32,34,36)/b10-9+. The lowest BCUT2D eigenvalue weighted by atomic mass is 9.96. The second kappa shape index (κ2) is 11.4. The van der Waals surface area contributed by atoms with E-state index in [4.69, 9.17) is 32.5 Å². The van der Waals surface area contributed by atoms with E-state index in [1.165, 1.54) is 20.3 Å². The number of anilines is 2. The highest BCUT2D eigenvalue weighted by Crippen LogP contribution is 2.36. The predicted molar refractivity (Wildman–Crippen MR) is 154 cm³/mol. The molecule has 0 saturated heterocycles. The molecule has 2 aromatic heterocycles. The molecule has 0 spiro atoms. The van der Waals surface area contributed by atoms with Crippen molar-refractivity contribution in [3.8, 4) is 11.5 Å². The number of benzene rings is 2. The minimum atomic E-state index is -0.362. The van der Waals surface area contributed by atoms with Crippen LogP contribution in [0, 0.1) is 0 Å². The zero-order valence-corrected chi connectivity index (χ0v) is 22.5. The van der Waals surface area contributed by atoms with Gasteiger partial charge in [0, 0.05) is 42.2 Å². The lowest BCUT2D eigenvalue weighted by Crippen LogP contribution is -2.25. The van der Waals surface area contributed by atoms with Crippen LogP contribution < -0.4 is 20.9 Å². The molecule has 11 heteroatoms. The van der Waals surface area contributed by atoms with E-state index in [0.29, 0.717) is 34.1 Å². The van der Waals surface area contributed by atoms with Crippen molar-refractivity contribution in [2.75, 3.05) is 25.7 Å². The molecular weight excluding hydrogens is 530 g/mol. The Balaban J connectivity index is 1.49. The van der Waals surface area contributed by atoms with Crippen molar-refractivity contribution in [1.29, 1.82) is 0 Å². The fourth-order valence-corrected chi connectivity index (χ4v) is 4.63. The summed E-state index contributed by atoms with van der Waals surface area (Å²) < 4.78 is 11.1. The van der Waals surface area contributed by atoms with Gasteiger partial charge in [-0.1, -0.05) is 35.9 Å². The van der Waals surface area contributed by atoms with Crippen LogP contribution in [0.3, 0.4) is 0 Å². The number of nitrogens with two attached hydrogens (primary N) is 2. The van der Waals surface area contributed by atoms with Crippen LogP contribution in [-0.4, -0.2) is 46.2 Å². The molecule has 202 valence electrons. The Morgan fingerprint density at radius 2 is 1.90 bits per heavy atom. The number of ether oxygens (including phenoxy) is 2. The van der Waals surface area contributed by atoms with Crippen LogP contribution in [0.5, 0.6) is 11.5 Å². The summed E-state index contributed by atoms with van der Waals surface area (Å²) in [5, 5.41) is 6.81. The average molecular weight is 556 g/mol. The Labute approximate surface area is 235 Å². The number of carbonyl (C=O) groups excluding carboxylic acids is 1. The molecule has 0 bridgehead atoms. The second-order valence-corrected chi connectivity index (χ2v) is 9.37. The summed E-state index contributed by atoms with van der Waals surface area (Å²) in [6.07, 6.45) is 8.32. The molecule has 40 heavy (non-hydrogen) atoms. The zero-order chi connectivity index (χ0) is 28.2. The summed E-state index contributed by atoms with van der Waals surface area (Å²) in [5.74, 6) is 0.755. The van der Waals surface area contributed by atoms with Crippen molar-refractivity contribution >= 4 is 35.4 Å². The van der Waals surface area contributed by atoms with E-state index in [1.54, 1.807) is 48.0 Å². The molecule has 0 amide bonds. The number of carbonyl (C=O) groups is 1. The minimum Gasteiger partial charge on any atom is -0.493 e. The molecule has 0 saturated carbocycles. The van der Waals surface area contributed by atoms with E-state index in [1.807, 2.05) is 30.3 Å². The maximum Gasteiger partial charge on any atom is 0.221 e. The number of aromatic nitrogens is 3. The van der Waals surface area contributed by atoms with Gasteiger partial charge in [0.15, 0.2) is 17.3 Å². The molecule has 3 heterocycles. The zero-order valence-electron chi connectivity index (χ0n) is 21.8. The number of methoxy groups -OCH3 is 2. The Bertz CT molecular complexity index is 1620. The number of pyridine rings is 1. The molecule has 1 aliphatic rings. The number of fused-ring (bicyclic) bond motifs is 1. The molecule has 1 aliphatic heterocycles. The van der Waals surface area contributed by atoms with Gasteiger partial charge in [0.2, 0.25) is 5.95 Å². The summed E-state index contributed by atoms with van der Waals surface area (Å²) in [6.45, 7) is 0. The van der Waals surface area contributed by atoms with Crippen molar-refractivity contribution in [3.63, 3.8) is 0 Å². The van der Waals surface area contributed by atoms with Crippen molar-refractivity contribution in [1.82, 2.24) is 20.0 Å². The number of halogens is 1. The Kier molecular flexibility index (Phi) is 7.61. The summed E-state index contributed by atoms with van der Waals surface area (Å²) in [7, 11) is 2.99. The number of hydrogen-bond acceptors (Lipinski definition) is 10. The van der Waals surface area contributed by atoms with Crippen LogP contribution in [0.15, 0.2) is 78.3 Å². The minimum absolute atomic E-state index is 0.0877. The van der Waals surface area contributed by atoms with Crippen molar-refractivity contribution in [3.05, 3.63) is 112 Å². The molecule has 4 aromatic rings.